The first kappa shape index (κ1) is 16.7. The predicted octanol–water partition coefficient (Wildman–Crippen LogP) is 2.98. The summed E-state index contributed by atoms with van der Waals surface area (Å²) < 4.78 is 13.8. The second-order valence-corrected chi connectivity index (χ2v) is 5.96. The lowest BCUT2D eigenvalue weighted by Gasteiger charge is -2.12. The van der Waals surface area contributed by atoms with Gasteiger partial charge in [-0.3, -0.25) is 9.69 Å². The summed E-state index contributed by atoms with van der Waals surface area (Å²) >= 11 is 0. The highest BCUT2D eigenvalue weighted by Gasteiger charge is 2.33. The number of nitrogens with one attached hydrogen (secondary N) is 1. The molecule has 2 aromatic rings. The van der Waals surface area contributed by atoms with Gasteiger partial charge in [-0.15, -0.1) is 0 Å². The molecule has 0 atom stereocenters. The van der Waals surface area contributed by atoms with Crippen LogP contribution >= 0.6 is 0 Å². The van der Waals surface area contributed by atoms with Crippen molar-refractivity contribution in [2.75, 3.05) is 19.0 Å². The molecular weight excluding hydrogens is 321 g/mol. The van der Waals surface area contributed by atoms with Gasteiger partial charge >= 0.3 is 6.03 Å². The Kier molecular flexibility index (Phi) is 4.52. The lowest BCUT2D eigenvalue weighted by atomic mass is 10.1. The van der Waals surface area contributed by atoms with E-state index >= 15 is 0 Å². The van der Waals surface area contributed by atoms with Gasteiger partial charge in [0.15, 0.2) is 0 Å². The van der Waals surface area contributed by atoms with E-state index in [9.17, 15) is 14.0 Å². The average Bonchev–Trinajstić information content (AvgIpc) is 2.85. The number of urea groups is 1. The third-order valence-corrected chi connectivity index (χ3v) is 3.97. The molecule has 1 aliphatic heterocycles. The molecule has 0 bridgehead atoms. The molecule has 1 heterocycles. The topological polar surface area (TPSA) is 52.7 Å². The van der Waals surface area contributed by atoms with Crippen LogP contribution in [0.3, 0.4) is 0 Å². The molecule has 2 aromatic carbocycles. The SMILES string of the molecule is CN(C)c1ccc(C=C2NC(=O)N(Cc3ccccc3F)C2=O)cc1. The normalized spacial score (nSPS) is 15.6. The molecular formula is C19H18FN3O2. The third-order valence-electron chi connectivity index (χ3n) is 3.97. The minimum absolute atomic E-state index is 0.103. The summed E-state index contributed by atoms with van der Waals surface area (Å²) in [6, 6.07) is 13.1. The molecule has 3 rings (SSSR count). The van der Waals surface area contributed by atoms with Crippen molar-refractivity contribution >= 4 is 23.7 Å². The highest BCUT2D eigenvalue weighted by atomic mass is 19.1. The maximum Gasteiger partial charge on any atom is 0.329 e. The number of amides is 3. The largest absolute Gasteiger partial charge is 0.378 e. The smallest absolute Gasteiger partial charge is 0.329 e. The molecule has 0 spiro atoms. The van der Waals surface area contributed by atoms with Gasteiger partial charge < -0.3 is 10.2 Å². The number of carbonyl (C=O) groups is 2. The Hall–Kier alpha value is -3.15. The van der Waals surface area contributed by atoms with E-state index in [0.717, 1.165) is 16.2 Å². The van der Waals surface area contributed by atoms with Gasteiger partial charge in [0.2, 0.25) is 0 Å². The van der Waals surface area contributed by atoms with Crippen LogP contribution in [-0.2, 0) is 11.3 Å². The van der Waals surface area contributed by atoms with Crippen LogP contribution in [0.2, 0.25) is 0 Å². The molecule has 0 aromatic heterocycles. The van der Waals surface area contributed by atoms with Gasteiger partial charge in [0, 0.05) is 25.3 Å². The Bertz CT molecular complexity index is 844. The monoisotopic (exact) mass is 339 g/mol. The summed E-state index contributed by atoms with van der Waals surface area (Å²) in [6.45, 7) is -0.103. The third kappa shape index (κ3) is 3.52. The summed E-state index contributed by atoms with van der Waals surface area (Å²) in [5, 5.41) is 2.54. The lowest BCUT2D eigenvalue weighted by Crippen LogP contribution is -2.30. The lowest BCUT2D eigenvalue weighted by molar-refractivity contribution is -0.123. The Morgan fingerprint density at radius 2 is 1.76 bits per heavy atom. The number of hydrogen-bond donors (Lipinski definition) is 1. The number of rotatable bonds is 4. The molecule has 0 unspecified atom stereocenters. The van der Waals surface area contributed by atoms with Gasteiger partial charge in [-0.05, 0) is 29.8 Å². The Morgan fingerprint density at radius 3 is 2.40 bits per heavy atom. The molecule has 1 saturated heterocycles. The number of anilines is 1. The van der Waals surface area contributed by atoms with Gasteiger partial charge in [-0.1, -0.05) is 30.3 Å². The van der Waals surface area contributed by atoms with E-state index in [2.05, 4.69) is 5.32 Å². The van der Waals surface area contributed by atoms with Gasteiger partial charge in [0.1, 0.15) is 11.5 Å². The molecule has 0 aliphatic carbocycles. The number of halogens is 1. The number of carbonyl (C=O) groups excluding carboxylic acids is 2. The predicted molar refractivity (Wildman–Crippen MR) is 94.2 cm³/mol. The van der Waals surface area contributed by atoms with Crippen molar-refractivity contribution in [2.24, 2.45) is 0 Å². The molecule has 6 heteroatoms. The van der Waals surface area contributed by atoms with Crippen molar-refractivity contribution in [3.05, 3.63) is 71.2 Å². The van der Waals surface area contributed by atoms with Gasteiger partial charge in [-0.25, -0.2) is 9.18 Å². The van der Waals surface area contributed by atoms with Crippen molar-refractivity contribution in [3.63, 3.8) is 0 Å². The van der Waals surface area contributed by atoms with E-state index in [0.29, 0.717) is 5.56 Å². The van der Waals surface area contributed by atoms with Crippen LogP contribution in [0, 0.1) is 5.82 Å². The average molecular weight is 339 g/mol. The van der Waals surface area contributed by atoms with Crippen LogP contribution < -0.4 is 10.2 Å². The maximum absolute atomic E-state index is 13.8. The fourth-order valence-electron chi connectivity index (χ4n) is 2.55. The molecule has 1 N–H and O–H groups in total. The van der Waals surface area contributed by atoms with Crippen LogP contribution in [0.5, 0.6) is 0 Å². The number of nitrogens with zero attached hydrogens (tertiary/aromatic N) is 2. The number of benzene rings is 2. The fraction of sp³-hybridized carbons (Fsp3) is 0.158. The van der Waals surface area contributed by atoms with E-state index < -0.39 is 17.8 Å². The maximum atomic E-state index is 13.8. The first-order valence-electron chi connectivity index (χ1n) is 7.81. The molecule has 0 saturated carbocycles. The number of imide groups is 1. The van der Waals surface area contributed by atoms with Gasteiger partial charge in [-0.2, -0.15) is 0 Å². The summed E-state index contributed by atoms with van der Waals surface area (Å²) in [5.41, 5.74) is 2.30. The Balaban J connectivity index is 1.79. The van der Waals surface area contributed by atoms with Gasteiger partial charge in [0.25, 0.3) is 5.91 Å². The minimum atomic E-state index is -0.551. The molecule has 5 nitrogen and oxygen atoms in total. The second-order valence-electron chi connectivity index (χ2n) is 5.96. The van der Waals surface area contributed by atoms with Crippen LogP contribution in [0.4, 0.5) is 14.9 Å². The number of hydrogen-bond acceptors (Lipinski definition) is 3. The summed E-state index contributed by atoms with van der Waals surface area (Å²) in [6.07, 6.45) is 1.61. The first-order chi connectivity index (χ1) is 12.0. The van der Waals surface area contributed by atoms with Gasteiger partial charge in [0.05, 0.1) is 6.54 Å². The molecule has 1 fully saturated rings. The van der Waals surface area contributed by atoms with Crippen molar-refractivity contribution in [1.82, 2.24) is 10.2 Å². The highest BCUT2D eigenvalue weighted by Crippen LogP contribution is 2.19. The van der Waals surface area contributed by atoms with E-state index in [1.54, 1.807) is 24.3 Å². The molecule has 25 heavy (non-hydrogen) atoms. The van der Waals surface area contributed by atoms with Crippen LogP contribution in [0.25, 0.3) is 6.08 Å². The van der Waals surface area contributed by atoms with Crippen molar-refractivity contribution in [2.45, 2.75) is 6.54 Å². The van der Waals surface area contributed by atoms with E-state index in [4.69, 9.17) is 0 Å². The van der Waals surface area contributed by atoms with Crippen LogP contribution in [0.15, 0.2) is 54.2 Å². The Labute approximate surface area is 145 Å². The van der Waals surface area contributed by atoms with Crippen LogP contribution in [0.1, 0.15) is 11.1 Å². The van der Waals surface area contributed by atoms with E-state index in [1.807, 2.05) is 43.3 Å². The van der Waals surface area contributed by atoms with E-state index in [1.165, 1.54) is 6.07 Å². The van der Waals surface area contributed by atoms with Crippen molar-refractivity contribution in [1.29, 1.82) is 0 Å². The highest BCUT2D eigenvalue weighted by molar-refractivity contribution is 6.13. The summed E-state index contributed by atoms with van der Waals surface area (Å²) in [4.78, 5) is 27.5. The zero-order valence-electron chi connectivity index (χ0n) is 14.0. The quantitative estimate of drug-likeness (QED) is 0.688. The summed E-state index contributed by atoms with van der Waals surface area (Å²) in [7, 11) is 3.88. The first-order valence-corrected chi connectivity index (χ1v) is 7.81. The summed E-state index contributed by atoms with van der Waals surface area (Å²) in [5.74, 6) is -0.912. The zero-order valence-corrected chi connectivity index (χ0v) is 14.0. The molecule has 0 radical (unpaired) electrons. The molecule has 3 amide bonds. The standard InChI is InChI=1S/C19H18FN3O2/c1-22(2)15-9-7-13(8-10-15)11-17-18(24)23(19(25)21-17)12-14-5-3-4-6-16(14)20/h3-11H,12H2,1-2H3,(H,21,25). The molecule has 1 aliphatic rings. The van der Waals surface area contributed by atoms with Crippen LogP contribution in [-0.4, -0.2) is 30.9 Å². The fourth-order valence-corrected chi connectivity index (χ4v) is 2.55. The van der Waals surface area contributed by atoms with Crippen molar-refractivity contribution in [3.8, 4) is 0 Å². The van der Waals surface area contributed by atoms with Crippen molar-refractivity contribution < 1.29 is 14.0 Å². The van der Waals surface area contributed by atoms with E-state index in [-0.39, 0.29) is 12.2 Å². The zero-order chi connectivity index (χ0) is 18.0. The second kappa shape index (κ2) is 6.76. The minimum Gasteiger partial charge on any atom is -0.378 e. The molecule has 128 valence electrons. The Morgan fingerprint density at radius 1 is 1.08 bits per heavy atom.